The van der Waals surface area contributed by atoms with Crippen LogP contribution in [0.4, 0.5) is 0 Å². The van der Waals surface area contributed by atoms with Crippen molar-refractivity contribution in [3.05, 3.63) is 93.4 Å². The molecule has 0 saturated carbocycles. The molecule has 0 spiro atoms. The molecule has 43 heavy (non-hydrogen) atoms. The van der Waals surface area contributed by atoms with Gasteiger partial charge in [0.25, 0.3) is 5.91 Å². The second-order valence-corrected chi connectivity index (χ2v) is 17.1. The molecular weight excluding hydrogens is 540 g/mol. The van der Waals surface area contributed by atoms with Crippen molar-refractivity contribution in [2.75, 3.05) is 5.01 Å². The van der Waals surface area contributed by atoms with Crippen LogP contribution in [-0.2, 0) is 9.98 Å². The van der Waals surface area contributed by atoms with Crippen molar-refractivity contribution in [3.8, 4) is 5.75 Å². The van der Waals surface area contributed by atoms with E-state index >= 15 is 0 Å². The lowest BCUT2D eigenvalue weighted by atomic mass is 9.17. The average molecular weight is 575 g/mol. The van der Waals surface area contributed by atoms with Crippen LogP contribution in [0, 0.1) is 0 Å². The summed E-state index contributed by atoms with van der Waals surface area (Å²) in [5, 5.41) is 12.9. The number of aromatic hydroxyl groups is 1. The number of pyridine rings is 1. The average Bonchev–Trinajstić information content (AvgIpc) is 2.95. The van der Waals surface area contributed by atoms with Gasteiger partial charge in [0.2, 0.25) is 5.43 Å². The monoisotopic (exact) mass is 577 g/mol. The number of fused-ring (bicyclic) bond motifs is 3. The Hall–Kier alpha value is -2.41. The summed E-state index contributed by atoms with van der Waals surface area (Å²) in [5.74, 6) is -0.894. The molecule has 1 atom stereocenters. The van der Waals surface area contributed by atoms with Gasteiger partial charge in [-0.1, -0.05) is 52.7 Å². The number of thioether (sulfide) groups is 1. The minimum Gasteiger partial charge on any atom is -0.502 e. The predicted molar refractivity (Wildman–Crippen MR) is 211 cm³/mol. The highest BCUT2D eigenvalue weighted by molar-refractivity contribution is 8.02. The zero-order valence-corrected chi connectivity index (χ0v) is 28.6. The van der Waals surface area contributed by atoms with Gasteiger partial charge in [-0.3, -0.25) is 19.3 Å². The number of amides is 1. The highest BCUT2D eigenvalue weighted by atomic mass is 32.2. The molecule has 19 heteroatoms. The fraction of sp³-hybridized carbons (Fsp3) is 0.250. The molecule has 0 saturated heterocycles. The molecule has 0 bridgehead atoms. The van der Waals surface area contributed by atoms with Crippen molar-refractivity contribution in [1.82, 2.24) is 9.58 Å². The van der Waals surface area contributed by atoms with Crippen LogP contribution < -0.4 is 10.4 Å². The summed E-state index contributed by atoms with van der Waals surface area (Å²) in [6, 6.07) is 18.4. The summed E-state index contributed by atoms with van der Waals surface area (Å²) in [4.78, 5) is 31.0. The van der Waals surface area contributed by atoms with Gasteiger partial charge in [0, 0.05) is 17.2 Å². The van der Waals surface area contributed by atoms with E-state index in [9.17, 15) is 14.7 Å². The summed E-state index contributed by atoms with van der Waals surface area (Å²) in [5.41, 5.74) is 0.304. The quantitative estimate of drug-likeness (QED) is 0.314. The van der Waals surface area contributed by atoms with Crippen molar-refractivity contribution < 1.29 is 9.90 Å². The van der Waals surface area contributed by atoms with Crippen molar-refractivity contribution in [1.29, 1.82) is 0 Å². The summed E-state index contributed by atoms with van der Waals surface area (Å²) in [7, 11) is 26.0. The van der Waals surface area contributed by atoms with E-state index in [4.69, 9.17) is 0 Å². The highest BCUT2D eigenvalue weighted by Crippen LogP contribution is 2.55. The van der Waals surface area contributed by atoms with Gasteiger partial charge in [-0.25, -0.2) is 0 Å². The van der Waals surface area contributed by atoms with E-state index in [1.165, 1.54) is 11.6 Å². The SMILES string of the molecule is BC1(B)Sc2ccccc2C(B)(N2n3ccc(=O)c(O)c3C(=O)N(C(B)(C(B)(B)B)C(B)(B)B)C2(B)B)c2ccccc21. The van der Waals surface area contributed by atoms with E-state index in [-0.39, 0.29) is 26.4 Å². The molecule has 0 radical (unpaired) electrons. The molecule has 5 rings (SSSR count). The summed E-state index contributed by atoms with van der Waals surface area (Å²) >= 11 is 1.83. The molecule has 1 amide bonds. The molecule has 2 aromatic carbocycles. The van der Waals surface area contributed by atoms with Crippen LogP contribution in [0.3, 0.4) is 0 Å². The molecule has 3 aromatic rings. The third-order valence-corrected chi connectivity index (χ3v) is 11.7. The summed E-state index contributed by atoms with van der Waals surface area (Å²) < 4.78 is 1.50. The largest absolute Gasteiger partial charge is 0.502 e. The maximum Gasteiger partial charge on any atom is 0.276 e. The third kappa shape index (κ3) is 4.34. The zero-order chi connectivity index (χ0) is 32.1. The Kier molecular flexibility index (Phi) is 7.29. The van der Waals surface area contributed by atoms with Crippen molar-refractivity contribution in [2.45, 2.75) is 36.0 Å². The first kappa shape index (κ1) is 32.0. The Morgan fingerprint density at radius 2 is 1.23 bits per heavy atom. The molecule has 3 heterocycles. The molecule has 2 aliphatic rings. The van der Waals surface area contributed by atoms with Gasteiger partial charge in [-0.15, -0.1) is 11.8 Å². The lowest BCUT2D eigenvalue weighted by Gasteiger charge is -2.70. The van der Waals surface area contributed by atoms with Crippen LogP contribution in [-0.4, -0.2) is 126 Å². The molecule has 6 nitrogen and oxygen atoms in total. The van der Waals surface area contributed by atoms with Gasteiger partial charge < -0.3 is 10.0 Å². The first-order valence-electron chi connectivity index (χ1n) is 15.1. The van der Waals surface area contributed by atoms with E-state index in [2.05, 4.69) is 148 Å². The number of carbonyl (C=O) groups excluding carboxylic acids is 1. The number of benzene rings is 2. The topological polar surface area (TPSA) is 65.8 Å². The van der Waals surface area contributed by atoms with Crippen LogP contribution in [0.5, 0.6) is 5.75 Å². The maximum absolute atomic E-state index is 14.9. The van der Waals surface area contributed by atoms with Crippen molar-refractivity contribution in [3.63, 3.8) is 0 Å². The summed E-state index contributed by atoms with van der Waals surface area (Å²) in [6.07, 6.45) is 1.65. The van der Waals surface area contributed by atoms with Crippen molar-refractivity contribution >= 4 is 112 Å². The normalized spacial score (nSPS) is 21.3. The van der Waals surface area contributed by atoms with Crippen molar-refractivity contribution in [2.24, 2.45) is 0 Å². The Balaban J connectivity index is 2.00. The number of aromatic nitrogens is 1. The molecule has 1 N–H and O–H groups in total. The predicted octanol–water partition coefficient (Wildman–Crippen LogP) is -8.88. The van der Waals surface area contributed by atoms with Gasteiger partial charge >= 0.3 is 0 Å². The third-order valence-electron chi connectivity index (χ3n) is 10.4. The number of hydrogen-bond acceptors (Lipinski definition) is 5. The fourth-order valence-electron chi connectivity index (χ4n) is 8.00. The smallest absolute Gasteiger partial charge is 0.276 e. The second-order valence-electron chi connectivity index (χ2n) is 15.5. The Bertz CT molecular complexity index is 1690. The number of hydrogen-bond donors (Lipinski definition) is 1. The number of rotatable bonds is 4. The minimum absolute atomic E-state index is 0.0149. The van der Waals surface area contributed by atoms with E-state index in [1.54, 1.807) is 10.9 Å². The van der Waals surface area contributed by atoms with E-state index in [1.807, 2.05) is 16.7 Å². The first-order chi connectivity index (χ1) is 19.6. The molecule has 2 aliphatic heterocycles. The van der Waals surface area contributed by atoms with Gasteiger partial charge in [0.05, 0.1) is 58.0 Å². The molecule has 0 fully saturated rings. The number of carbonyl (C=O) groups is 1. The first-order valence-corrected chi connectivity index (χ1v) is 15.9. The van der Waals surface area contributed by atoms with Gasteiger partial charge in [0.1, 0.15) is 31.4 Å². The van der Waals surface area contributed by atoms with Crippen LogP contribution >= 0.6 is 11.8 Å². The fourth-order valence-corrected chi connectivity index (χ4v) is 9.36. The Morgan fingerprint density at radius 3 is 1.79 bits per heavy atom. The lowest BCUT2D eigenvalue weighted by molar-refractivity contribution is 0.0383. The molecule has 206 valence electrons. The molecule has 0 aliphatic carbocycles. The van der Waals surface area contributed by atoms with E-state index in [0.717, 1.165) is 16.0 Å². The maximum atomic E-state index is 14.9. The standard InChI is InChI=1S/C24H35B12N3O3S/c25-19(11-5-1-2-6-12(11)20(26,27)43-15-8-4-3-7-13(15)19)39-24(35,36)38(21(28,22(29,30)31)23(32,33)34)18(42)16-17(41)14(40)9-10-37(16)39/h1-10,41H,25-36H2. The zero-order valence-electron chi connectivity index (χ0n) is 27.8. The van der Waals surface area contributed by atoms with E-state index < -0.39 is 27.5 Å². The van der Waals surface area contributed by atoms with Crippen LogP contribution in [0.15, 0.2) is 70.5 Å². The van der Waals surface area contributed by atoms with Gasteiger partial charge in [-0.2, -0.15) is 0 Å². The number of nitrogens with zero attached hydrogens (tertiary/aromatic N) is 3. The highest BCUT2D eigenvalue weighted by Gasteiger charge is 2.62. The molecule has 1 aromatic heterocycles. The van der Waals surface area contributed by atoms with Crippen LogP contribution in [0.2, 0.25) is 10.2 Å². The van der Waals surface area contributed by atoms with E-state index in [0.29, 0.717) is 0 Å². The minimum atomic E-state index is -0.949. The Labute approximate surface area is 270 Å². The van der Waals surface area contributed by atoms with Crippen LogP contribution in [0.25, 0.3) is 0 Å². The van der Waals surface area contributed by atoms with Crippen LogP contribution in [0.1, 0.15) is 27.2 Å². The summed E-state index contributed by atoms with van der Waals surface area (Å²) in [6.45, 7) is 0. The second kappa shape index (κ2) is 9.79. The lowest BCUT2D eigenvalue weighted by Crippen LogP contribution is -2.84. The molecular formula is C24H35B12N3O3S. The Morgan fingerprint density at radius 1 is 0.721 bits per heavy atom. The van der Waals surface area contributed by atoms with Gasteiger partial charge in [0.15, 0.2) is 27.1 Å². The van der Waals surface area contributed by atoms with Gasteiger partial charge in [-0.05, 0) is 32.7 Å². The molecule has 1 unspecified atom stereocenters.